The molecule has 5 nitrogen and oxygen atoms in total. The highest BCUT2D eigenvalue weighted by Crippen LogP contribution is 2.24. The molecule has 0 radical (unpaired) electrons. The highest BCUT2D eigenvalue weighted by molar-refractivity contribution is 5.94. The Bertz CT molecular complexity index is 573. The average molecular weight is 366 g/mol. The quantitative estimate of drug-likeness (QED) is 0.863. The van der Waals surface area contributed by atoms with Crippen molar-refractivity contribution in [1.29, 1.82) is 0 Å². The van der Waals surface area contributed by atoms with Gasteiger partial charge in [-0.1, -0.05) is 24.6 Å². The normalized spacial score (nSPS) is 24.3. The first-order valence-electron chi connectivity index (χ1n) is 9.04. The lowest BCUT2D eigenvalue weighted by molar-refractivity contribution is -0.127. The minimum atomic E-state index is 0. The van der Waals surface area contributed by atoms with Crippen LogP contribution in [0.2, 0.25) is 0 Å². The largest absolute Gasteiger partial charge is 0.353 e. The molecule has 2 atom stereocenters. The number of likely N-dealkylation sites (tertiary alicyclic amines) is 1. The third kappa shape index (κ3) is 5.19. The van der Waals surface area contributed by atoms with Gasteiger partial charge in [-0.15, -0.1) is 12.4 Å². The lowest BCUT2D eigenvalue weighted by Gasteiger charge is -2.34. The van der Waals surface area contributed by atoms with Crippen molar-refractivity contribution in [2.75, 3.05) is 13.1 Å². The Labute approximate surface area is 155 Å². The van der Waals surface area contributed by atoms with E-state index >= 15 is 0 Å². The van der Waals surface area contributed by atoms with Crippen LogP contribution in [0.3, 0.4) is 0 Å². The van der Waals surface area contributed by atoms with E-state index in [-0.39, 0.29) is 42.2 Å². The molecule has 2 unspecified atom stereocenters. The van der Waals surface area contributed by atoms with Crippen LogP contribution in [0, 0.1) is 5.92 Å². The molecule has 2 amide bonds. The van der Waals surface area contributed by atoms with Gasteiger partial charge in [0.2, 0.25) is 5.91 Å². The van der Waals surface area contributed by atoms with Crippen LogP contribution < -0.4 is 11.1 Å². The van der Waals surface area contributed by atoms with E-state index in [1.54, 1.807) is 0 Å². The van der Waals surface area contributed by atoms with Gasteiger partial charge in [0.1, 0.15) is 0 Å². The molecule has 0 aromatic heterocycles. The van der Waals surface area contributed by atoms with Crippen molar-refractivity contribution in [2.24, 2.45) is 11.7 Å². The molecule has 1 aliphatic heterocycles. The fourth-order valence-electron chi connectivity index (χ4n) is 3.77. The van der Waals surface area contributed by atoms with Crippen molar-refractivity contribution < 1.29 is 9.59 Å². The summed E-state index contributed by atoms with van der Waals surface area (Å²) in [7, 11) is 0. The first-order chi connectivity index (χ1) is 11.6. The third-order valence-corrected chi connectivity index (χ3v) is 5.23. The maximum Gasteiger partial charge on any atom is 0.253 e. The number of rotatable bonds is 3. The number of nitrogens with zero attached hydrogens (tertiary/aromatic N) is 1. The van der Waals surface area contributed by atoms with Gasteiger partial charge in [-0.3, -0.25) is 9.59 Å². The molecule has 0 bridgehead atoms. The lowest BCUT2D eigenvalue weighted by atomic mass is 9.85. The van der Waals surface area contributed by atoms with Crippen LogP contribution in [0.5, 0.6) is 0 Å². The van der Waals surface area contributed by atoms with Crippen LogP contribution in [-0.2, 0) is 4.79 Å². The predicted octanol–water partition coefficient (Wildman–Crippen LogP) is 2.35. The summed E-state index contributed by atoms with van der Waals surface area (Å²) in [5.74, 6) is 0.300. The van der Waals surface area contributed by atoms with Gasteiger partial charge in [-0.25, -0.2) is 0 Å². The summed E-state index contributed by atoms with van der Waals surface area (Å²) in [6, 6.07) is 9.72. The van der Waals surface area contributed by atoms with E-state index in [4.69, 9.17) is 5.73 Å². The molecule has 138 valence electrons. The van der Waals surface area contributed by atoms with Crippen molar-refractivity contribution in [2.45, 2.75) is 50.6 Å². The fraction of sp³-hybridized carbons (Fsp3) is 0.579. The lowest BCUT2D eigenvalue weighted by Crippen LogP contribution is -2.48. The molecule has 0 spiro atoms. The molecular formula is C19H28ClN3O2. The number of halogens is 1. The van der Waals surface area contributed by atoms with Crippen LogP contribution in [0.25, 0.3) is 0 Å². The topological polar surface area (TPSA) is 75.4 Å². The summed E-state index contributed by atoms with van der Waals surface area (Å²) in [5.41, 5.74) is 6.71. The maximum absolute atomic E-state index is 12.4. The molecule has 2 fully saturated rings. The standard InChI is InChI=1S/C19H27N3O2.ClH/c20-16-8-4-7-15(13-16)18(23)21-17-9-11-22(12-10-17)19(24)14-5-2-1-3-6-14;/h1-3,5-6,15-17H,4,7-13,20H2,(H,21,23);1H. The van der Waals surface area contributed by atoms with E-state index in [0.29, 0.717) is 13.1 Å². The number of hydrogen-bond donors (Lipinski definition) is 2. The van der Waals surface area contributed by atoms with Crippen LogP contribution in [0.15, 0.2) is 30.3 Å². The van der Waals surface area contributed by atoms with Crippen molar-refractivity contribution in [1.82, 2.24) is 10.2 Å². The first-order valence-corrected chi connectivity index (χ1v) is 9.04. The Hall–Kier alpha value is -1.59. The van der Waals surface area contributed by atoms with Gasteiger partial charge in [0.25, 0.3) is 5.91 Å². The molecule has 1 saturated carbocycles. The minimum absolute atomic E-state index is 0. The number of amides is 2. The summed E-state index contributed by atoms with van der Waals surface area (Å²) < 4.78 is 0. The van der Waals surface area contributed by atoms with E-state index in [0.717, 1.165) is 44.1 Å². The minimum Gasteiger partial charge on any atom is -0.353 e. The van der Waals surface area contributed by atoms with Gasteiger partial charge < -0.3 is 16.0 Å². The molecule has 1 saturated heterocycles. The number of benzene rings is 1. The molecule has 3 rings (SSSR count). The van der Waals surface area contributed by atoms with Gasteiger partial charge in [-0.2, -0.15) is 0 Å². The number of piperidine rings is 1. The molecule has 3 N–H and O–H groups in total. The summed E-state index contributed by atoms with van der Waals surface area (Å²) in [4.78, 5) is 26.7. The zero-order chi connectivity index (χ0) is 16.9. The van der Waals surface area contributed by atoms with E-state index in [9.17, 15) is 9.59 Å². The Morgan fingerprint density at radius 3 is 2.36 bits per heavy atom. The molecule has 1 heterocycles. The molecule has 25 heavy (non-hydrogen) atoms. The smallest absolute Gasteiger partial charge is 0.253 e. The van der Waals surface area contributed by atoms with Gasteiger partial charge in [-0.05, 0) is 44.2 Å². The second-order valence-corrected chi connectivity index (χ2v) is 7.06. The number of nitrogens with one attached hydrogen (secondary N) is 1. The first kappa shape index (κ1) is 19.7. The van der Waals surface area contributed by atoms with Crippen LogP contribution in [0.1, 0.15) is 48.9 Å². The highest BCUT2D eigenvalue weighted by Gasteiger charge is 2.29. The van der Waals surface area contributed by atoms with Crippen molar-refractivity contribution in [3.63, 3.8) is 0 Å². The number of carbonyl (C=O) groups is 2. The van der Waals surface area contributed by atoms with Gasteiger partial charge in [0, 0.05) is 36.7 Å². The van der Waals surface area contributed by atoms with Crippen LogP contribution in [0.4, 0.5) is 0 Å². The summed E-state index contributed by atoms with van der Waals surface area (Å²) in [6.45, 7) is 1.39. The van der Waals surface area contributed by atoms with Crippen LogP contribution in [-0.4, -0.2) is 41.9 Å². The molecule has 1 aromatic carbocycles. The monoisotopic (exact) mass is 365 g/mol. The zero-order valence-corrected chi connectivity index (χ0v) is 15.3. The van der Waals surface area contributed by atoms with Crippen molar-refractivity contribution >= 4 is 24.2 Å². The van der Waals surface area contributed by atoms with Crippen molar-refractivity contribution in [3.05, 3.63) is 35.9 Å². The zero-order valence-electron chi connectivity index (χ0n) is 14.5. The molecule has 1 aliphatic carbocycles. The van der Waals surface area contributed by atoms with E-state index in [2.05, 4.69) is 5.32 Å². The highest BCUT2D eigenvalue weighted by atomic mass is 35.5. The molecular weight excluding hydrogens is 338 g/mol. The number of nitrogens with two attached hydrogens (primary N) is 1. The second kappa shape index (κ2) is 9.20. The van der Waals surface area contributed by atoms with Crippen LogP contribution >= 0.6 is 12.4 Å². The summed E-state index contributed by atoms with van der Waals surface area (Å²) >= 11 is 0. The van der Waals surface area contributed by atoms with Crippen molar-refractivity contribution in [3.8, 4) is 0 Å². The Kier molecular flexibility index (Phi) is 7.26. The van der Waals surface area contributed by atoms with E-state index in [1.807, 2.05) is 35.2 Å². The Balaban J connectivity index is 0.00000225. The van der Waals surface area contributed by atoms with Gasteiger partial charge >= 0.3 is 0 Å². The molecule has 1 aromatic rings. The summed E-state index contributed by atoms with van der Waals surface area (Å²) in [5, 5.41) is 3.18. The average Bonchev–Trinajstić information content (AvgIpc) is 2.62. The summed E-state index contributed by atoms with van der Waals surface area (Å²) in [6.07, 6.45) is 5.47. The third-order valence-electron chi connectivity index (χ3n) is 5.23. The SMILES string of the molecule is Cl.NC1CCCC(C(=O)NC2CCN(C(=O)c3ccccc3)CC2)C1. The fourth-order valence-corrected chi connectivity index (χ4v) is 3.77. The molecule has 6 heteroatoms. The van der Waals surface area contributed by atoms with Gasteiger partial charge in [0.15, 0.2) is 0 Å². The number of hydrogen-bond acceptors (Lipinski definition) is 3. The Morgan fingerprint density at radius 1 is 1.04 bits per heavy atom. The number of carbonyl (C=O) groups excluding carboxylic acids is 2. The predicted molar refractivity (Wildman–Crippen MR) is 101 cm³/mol. The van der Waals surface area contributed by atoms with E-state index < -0.39 is 0 Å². The maximum atomic E-state index is 12.4. The van der Waals surface area contributed by atoms with Gasteiger partial charge in [0.05, 0.1) is 0 Å². The van der Waals surface area contributed by atoms with E-state index in [1.165, 1.54) is 0 Å². The Morgan fingerprint density at radius 2 is 1.72 bits per heavy atom. The molecule has 2 aliphatic rings. The second-order valence-electron chi connectivity index (χ2n) is 7.06.